The second-order valence-corrected chi connectivity index (χ2v) is 6.71. The number of nitrogens with zero attached hydrogens (tertiary/aromatic N) is 2. The molecule has 0 saturated carbocycles. The van der Waals surface area contributed by atoms with Gasteiger partial charge in [0.1, 0.15) is 16.5 Å². The monoisotopic (exact) mass is 417 g/mol. The van der Waals surface area contributed by atoms with Crippen molar-refractivity contribution in [2.75, 3.05) is 26.7 Å². The van der Waals surface area contributed by atoms with Gasteiger partial charge < -0.3 is 15.0 Å². The molecule has 144 valence electrons. The zero-order valence-corrected chi connectivity index (χ0v) is 17.4. The number of aromatic nitrogens is 1. The zero-order valence-electron chi connectivity index (χ0n) is 14.9. The summed E-state index contributed by atoms with van der Waals surface area (Å²) in [6, 6.07) is 8.35. The Morgan fingerprint density at radius 1 is 1.27 bits per heavy atom. The van der Waals surface area contributed by atoms with Crippen LogP contribution < -0.4 is 10.1 Å². The Kier molecular flexibility index (Phi) is 9.36. The van der Waals surface area contributed by atoms with E-state index in [-0.39, 0.29) is 30.7 Å². The summed E-state index contributed by atoms with van der Waals surface area (Å²) in [5.74, 6) is 0.888. The first-order valence-corrected chi connectivity index (χ1v) is 9.24. The maximum absolute atomic E-state index is 12.6. The number of likely N-dealkylation sites (tertiary alicyclic amines) is 1. The first kappa shape index (κ1) is 22.7. The van der Waals surface area contributed by atoms with E-state index in [1.54, 1.807) is 0 Å². The molecule has 5 nitrogen and oxygen atoms in total. The quantitative estimate of drug-likeness (QED) is 0.801. The number of piperidine rings is 1. The van der Waals surface area contributed by atoms with Crippen LogP contribution in [0.1, 0.15) is 30.3 Å². The number of thiazole rings is 1. The van der Waals surface area contributed by atoms with E-state index in [0.29, 0.717) is 18.3 Å². The molecule has 2 heterocycles. The van der Waals surface area contributed by atoms with Gasteiger partial charge in [0, 0.05) is 30.1 Å². The van der Waals surface area contributed by atoms with E-state index in [1.807, 2.05) is 48.5 Å². The summed E-state index contributed by atoms with van der Waals surface area (Å²) in [5.41, 5.74) is 1.56. The molecule has 1 aliphatic heterocycles. The molecule has 26 heavy (non-hydrogen) atoms. The number of carbonyl (C=O) groups is 1. The lowest BCUT2D eigenvalue weighted by Crippen LogP contribution is -2.44. The molecule has 2 aromatic rings. The minimum absolute atomic E-state index is 0. The Hall–Kier alpha value is -1.34. The maximum atomic E-state index is 12.6. The Morgan fingerprint density at radius 2 is 1.92 bits per heavy atom. The van der Waals surface area contributed by atoms with Gasteiger partial charge >= 0.3 is 0 Å². The molecule has 0 atom stereocenters. The summed E-state index contributed by atoms with van der Waals surface area (Å²) in [6.45, 7) is 4.20. The molecule has 0 unspecified atom stereocenters. The molecule has 0 radical (unpaired) electrons. The molecule has 1 aromatic heterocycles. The van der Waals surface area contributed by atoms with Crippen LogP contribution in [0.25, 0.3) is 10.6 Å². The molecular weight excluding hydrogens is 393 g/mol. The van der Waals surface area contributed by atoms with Crippen LogP contribution in [0.15, 0.2) is 29.6 Å². The van der Waals surface area contributed by atoms with Crippen molar-refractivity contribution in [1.29, 1.82) is 0 Å². The summed E-state index contributed by atoms with van der Waals surface area (Å²) in [5, 5.41) is 6.01. The molecule has 1 saturated heterocycles. The predicted molar refractivity (Wildman–Crippen MR) is 111 cm³/mol. The van der Waals surface area contributed by atoms with Gasteiger partial charge in [-0.25, -0.2) is 4.98 Å². The van der Waals surface area contributed by atoms with Crippen LogP contribution in [0.5, 0.6) is 5.75 Å². The van der Waals surface area contributed by atoms with Gasteiger partial charge in [0.2, 0.25) is 0 Å². The van der Waals surface area contributed by atoms with Crippen molar-refractivity contribution in [2.45, 2.75) is 25.8 Å². The summed E-state index contributed by atoms with van der Waals surface area (Å²) < 4.78 is 5.45. The van der Waals surface area contributed by atoms with E-state index in [4.69, 9.17) is 4.74 Å². The number of hydrogen-bond acceptors (Lipinski definition) is 5. The van der Waals surface area contributed by atoms with Gasteiger partial charge in [-0.3, -0.25) is 4.79 Å². The van der Waals surface area contributed by atoms with Crippen molar-refractivity contribution in [3.8, 4) is 16.3 Å². The highest BCUT2D eigenvalue weighted by molar-refractivity contribution is 7.13. The average Bonchev–Trinajstić information content (AvgIpc) is 3.12. The van der Waals surface area contributed by atoms with Crippen molar-refractivity contribution in [3.63, 3.8) is 0 Å². The first-order valence-electron chi connectivity index (χ1n) is 8.36. The molecule has 1 fully saturated rings. The lowest BCUT2D eigenvalue weighted by atomic mass is 10.1. The van der Waals surface area contributed by atoms with Gasteiger partial charge in [0.25, 0.3) is 5.91 Å². The summed E-state index contributed by atoms with van der Waals surface area (Å²) >= 11 is 1.51. The van der Waals surface area contributed by atoms with Gasteiger partial charge in [-0.2, -0.15) is 0 Å². The molecule has 0 aliphatic carbocycles. The maximum Gasteiger partial charge on any atom is 0.273 e. The fourth-order valence-electron chi connectivity index (χ4n) is 2.90. The lowest BCUT2D eigenvalue weighted by Gasteiger charge is -2.31. The lowest BCUT2D eigenvalue weighted by molar-refractivity contribution is 0.0702. The SMILES string of the molecule is CCOc1ccc(-c2nc(C(=O)N3CCC(NC)CC3)cs2)cc1.Cl.Cl. The molecule has 1 N–H and O–H groups in total. The van der Waals surface area contributed by atoms with Crippen LogP contribution in [0.3, 0.4) is 0 Å². The number of rotatable bonds is 5. The van der Waals surface area contributed by atoms with Crippen molar-refractivity contribution in [2.24, 2.45) is 0 Å². The minimum atomic E-state index is 0. The summed E-state index contributed by atoms with van der Waals surface area (Å²) in [4.78, 5) is 19.1. The van der Waals surface area contributed by atoms with E-state index >= 15 is 0 Å². The van der Waals surface area contributed by atoms with Gasteiger partial charge in [-0.05, 0) is 51.1 Å². The number of benzene rings is 1. The third-order valence-electron chi connectivity index (χ3n) is 4.33. The number of nitrogens with one attached hydrogen (secondary N) is 1. The average molecular weight is 418 g/mol. The number of amides is 1. The third-order valence-corrected chi connectivity index (χ3v) is 5.22. The molecule has 1 amide bonds. The van der Waals surface area contributed by atoms with Crippen LogP contribution in [0.4, 0.5) is 0 Å². The van der Waals surface area contributed by atoms with E-state index in [1.165, 1.54) is 11.3 Å². The van der Waals surface area contributed by atoms with E-state index in [2.05, 4.69) is 10.3 Å². The van der Waals surface area contributed by atoms with Crippen molar-refractivity contribution >= 4 is 42.1 Å². The summed E-state index contributed by atoms with van der Waals surface area (Å²) in [6.07, 6.45) is 2.00. The van der Waals surface area contributed by atoms with Crippen molar-refractivity contribution in [1.82, 2.24) is 15.2 Å². The predicted octanol–water partition coefficient (Wildman–Crippen LogP) is 3.88. The fraction of sp³-hybridized carbons (Fsp3) is 0.444. The van der Waals surface area contributed by atoms with Crippen LogP contribution in [-0.2, 0) is 0 Å². The third kappa shape index (κ3) is 5.33. The Bertz CT molecular complexity index is 686. The second-order valence-electron chi connectivity index (χ2n) is 5.85. The molecular formula is C18H25Cl2N3O2S. The standard InChI is InChI=1S/C18H23N3O2S.2ClH/c1-3-23-15-6-4-13(5-7-15)17-20-16(12-24-17)18(22)21-10-8-14(19-2)9-11-21;;/h4-7,12,14,19H,3,8-11H2,1-2H3;2*1H. The van der Waals surface area contributed by atoms with E-state index < -0.39 is 0 Å². The normalized spacial score (nSPS) is 14.3. The number of carbonyl (C=O) groups excluding carboxylic acids is 1. The fourth-order valence-corrected chi connectivity index (χ4v) is 3.70. The molecule has 0 bridgehead atoms. The number of halogens is 2. The Balaban J connectivity index is 0.00000169. The highest BCUT2D eigenvalue weighted by Gasteiger charge is 2.24. The highest BCUT2D eigenvalue weighted by Crippen LogP contribution is 2.26. The number of hydrogen-bond donors (Lipinski definition) is 1. The zero-order chi connectivity index (χ0) is 16.9. The molecule has 1 aliphatic rings. The van der Waals surface area contributed by atoms with Crippen LogP contribution in [0, 0.1) is 0 Å². The van der Waals surface area contributed by atoms with Crippen LogP contribution in [0.2, 0.25) is 0 Å². The molecule has 0 spiro atoms. The minimum Gasteiger partial charge on any atom is -0.494 e. The van der Waals surface area contributed by atoms with Crippen molar-refractivity contribution < 1.29 is 9.53 Å². The van der Waals surface area contributed by atoms with Gasteiger partial charge in [-0.15, -0.1) is 36.2 Å². The van der Waals surface area contributed by atoms with Gasteiger partial charge in [0.05, 0.1) is 6.61 Å². The first-order chi connectivity index (χ1) is 11.7. The molecule has 1 aromatic carbocycles. The smallest absolute Gasteiger partial charge is 0.273 e. The van der Waals surface area contributed by atoms with Crippen LogP contribution in [-0.4, -0.2) is 48.6 Å². The van der Waals surface area contributed by atoms with E-state index in [9.17, 15) is 4.79 Å². The highest BCUT2D eigenvalue weighted by atomic mass is 35.5. The molecule has 3 rings (SSSR count). The van der Waals surface area contributed by atoms with Gasteiger partial charge in [-0.1, -0.05) is 0 Å². The number of ether oxygens (including phenoxy) is 1. The van der Waals surface area contributed by atoms with Crippen LogP contribution >= 0.6 is 36.2 Å². The van der Waals surface area contributed by atoms with Crippen molar-refractivity contribution in [3.05, 3.63) is 35.3 Å². The second kappa shape index (κ2) is 10.7. The topological polar surface area (TPSA) is 54.5 Å². The Labute approximate surface area is 171 Å². The Morgan fingerprint density at radius 3 is 2.50 bits per heavy atom. The van der Waals surface area contributed by atoms with E-state index in [0.717, 1.165) is 42.3 Å². The van der Waals surface area contributed by atoms with Gasteiger partial charge in [0.15, 0.2) is 0 Å². The summed E-state index contributed by atoms with van der Waals surface area (Å²) in [7, 11) is 1.98. The largest absolute Gasteiger partial charge is 0.494 e. The molecule has 8 heteroatoms.